The molecule has 0 amide bonds. The van der Waals surface area contributed by atoms with Crippen LogP contribution in [0.5, 0.6) is 0 Å². The molecular formula is C12H18ClN3. The third kappa shape index (κ3) is 2.54. The number of rotatable bonds is 3. The van der Waals surface area contributed by atoms with Crippen molar-refractivity contribution in [2.24, 2.45) is 0 Å². The van der Waals surface area contributed by atoms with Crippen molar-refractivity contribution in [1.82, 2.24) is 15.2 Å². The van der Waals surface area contributed by atoms with Crippen molar-refractivity contribution in [3.05, 3.63) is 29.0 Å². The van der Waals surface area contributed by atoms with Crippen LogP contribution in [0.2, 0.25) is 5.02 Å². The molecule has 2 heterocycles. The van der Waals surface area contributed by atoms with E-state index in [-0.39, 0.29) is 0 Å². The molecule has 88 valence electrons. The summed E-state index contributed by atoms with van der Waals surface area (Å²) in [4.78, 5) is 6.54. The molecule has 4 heteroatoms. The van der Waals surface area contributed by atoms with Crippen LogP contribution >= 0.6 is 11.6 Å². The minimum Gasteiger partial charge on any atom is -0.314 e. The van der Waals surface area contributed by atoms with Crippen LogP contribution in [0, 0.1) is 0 Å². The van der Waals surface area contributed by atoms with E-state index in [0.717, 1.165) is 37.6 Å². The molecule has 2 rings (SSSR count). The molecule has 1 aliphatic rings. The van der Waals surface area contributed by atoms with Gasteiger partial charge in [0, 0.05) is 44.6 Å². The van der Waals surface area contributed by atoms with Crippen LogP contribution < -0.4 is 5.32 Å². The summed E-state index contributed by atoms with van der Waals surface area (Å²) in [6.45, 7) is 6.54. The van der Waals surface area contributed by atoms with E-state index in [4.69, 9.17) is 11.6 Å². The Kier molecular flexibility index (Phi) is 4.16. The fourth-order valence-corrected chi connectivity index (χ4v) is 2.57. The van der Waals surface area contributed by atoms with Gasteiger partial charge in [0.25, 0.3) is 0 Å². The van der Waals surface area contributed by atoms with Crippen LogP contribution in [-0.2, 0) is 0 Å². The standard InChI is InChI=1S/C12H18ClN3/c1-2-12(16-7-5-14-6-8-16)10-3-4-15-9-11(10)13/h3-4,9,12,14H,2,5-8H2,1H3/t12-/m0/s1. The van der Waals surface area contributed by atoms with Gasteiger partial charge in [-0.05, 0) is 18.1 Å². The summed E-state index contributed by atoms with van der Waals surface area (Å²) < 4.78 is 0. The number of nitrogens with one attached hydrogen (secondary N) is 1. The lowest BCUT2D eigenvalue weighted by atomic mass is 10.0. The highest BCUT2D eigenvalue weighted by molar-refractivity contribution is 6.31. The molecule has 1 aromatic heterocycles. The normalized spacial score (nSPS) is 19.6. The van der Waals surface area contributed by atoms with E-state index >= 15 is 0 Å². The Bertz CT molecular complexity index is 337. The van der Waals surface area contributed by atoms with E-state index in [1.54, 1.807) is 6.20 Å². The van der Waals surface area contributed by atoms with Crippen LogP contribution in [0.1, 0.15) is 24.9 Å². The fraction of sp³-hybridized carbons (Fsp3) is 0.583. The van der Waals surface area contributed by atoms with Crippen LogP contribution in [0.25, 0.3) is 0 Å². The number of halogens is 1. The lowest BCUT2D eigenvalue weighted by molar-refractivity contribution is 0.169. The van der Waals surface area contributed by atoms with Crippen molar-refractivity contribution in [3.8, 4) is 0 Å². The molecule has 0 spiro atoms. The molecule has 0 aliphatic carbocycles. The smallest absolute Gasteiger partial charge is 0.0637 e. The van der Waals surface area contributed by atoms with Crippen molar-refractivity contribution >= 4 is 11.6 Å². The highest BCUT2D eigenvalue weighted by Gasteiger charge is 2.22. The summed E-state index contributed by atoms with van der Waals surface area (Å²) in [5.41, 5.74) is 1.21. The molecule has 1 atom stereocenters. The van der Waals surface area contributed by atoms with Gasteiger partial charge in [-0.2, -0.15) is 0 Å². The largest absolute Gasteiger partial charge is 0.314 e. The minimum absolute atomic E-state index is 0.428. The Labute approximate surface area is 102 Å². The molecule has 0 bridgehead atoms. The quantitative estimate of drug-likeness (QED) is 0.876. The molecule has 1 aliphatic heterocycles. The maximum absolute atomic E-state index is 6.21. The van der Waals surface area contributed by atoms with E-state index in [2.05, 4.69) is 22.1 Å². The maximum atomic E-state index is 6.21. The number of aromatic nitrogens is 1. The zero-order valence-electron chi connectivity index (χ0n) is 9.62. The first kappa shape index (κ1) is 11.8. The zero-order chi connectivity index (χ0) is 11.4. The third-order valence-electron chi connectivity index (χ3n) is 3.14. The van der Waals surface area contributed by atoms with Gasteiger partial charge < -0.3 is 5.32 Å². The van der Waals surface area contributed by atoms with Gasteiger partial charge >= 0.3 is 0 Å². The van der Waals surface area contributed by atoms with E-state index in [1.807, 2.05) is 12.3 Å². The van der Waals surface area contributed by atoms with Gasteiger partial charge in [-0.15, -0.1) is 0 Å². The van der Waals surface area contributed by atoms with Crippen molar-refractivity contribution in [1.29, 1.82) is 0 Å². The molecule has 0 radical (unpaired) electrons. The molecule has 16 heavy (non-hydrogen) atoms. The van der Waals surface area contributed by atoms with Crippen LogP contribution in [-0.4, -0.2) is 36.1 Å². The molecule has 3 nitrogen and oxygen atoms in total. The average molecular weight is 240 g/mol. The van der Waals surface area contributed by atoms with E-state index in [1.165, 1.54) is 5.56 Å². The molecule has 0 saturated carbocycles. The van der Waals surface area contributed by atoms with Crippen LogP contribution in [0.15, 0.2) is 18.5 Å². The summed E-state index contributed by atoms with van der Waals surface area (Å²) in [5.74, 6) is 0. The molecule has 1 aromatic rings. The Morgan fingerprint density at radius 3 is 2.88 bits per heavy atom. The topological polar surface area (TPSA) is 28.2 Å². The van der Waals surface area contributed by atoms with E-state index in [9.17, 15) is 0 Å². The second kappa shape index (κ2) is 5.62. The fourth-order valence-electron chi connectivity index (χ4n) is 2.32. The number of hydrogen-bond donors (Lipinski definition) is 1. The molecule has 1 fully saturated rings. The monoisotopic (exact) mass is 239 g/mol. The average Bonchev–Trinajstić information content (AvgIpc) is 2.34. The Hall–Kier alpha value is -0.640. The third-order valence-corrected chi connectivity index (χ3v) is 3.46. The highest BCUT2D eigenvalue weighted by Crippen LogP contribution is 2.29. The molecule has 0 aromatic carbocycles. The predicted molar refractivity (Wildman–Crippen MR) is 66.7 cm³/mol. The summed E-state index contributed by atoms with van der Waals surface area (Å²) in [5, 5.41) is 4.16. The Morgan fingerprint density at radius 2 is 2.25 bits per heavy atom. The van der Waals surface area contributed by atoms with Gasteiger partial charge in [-0.3, -0.25) is 9.88 Å². The number of piperazine rings is 1. The van der Waals surface area contributed by atoms with Gasteiger partial charge in [0.05, 0.1) is 5.02 Å². The predicted octanol–water partition coefficient (Wildman–Crippen LogP) is 2.09. The second-order valence-corrected chi connectivity index (χ2v) is 4.51. The zero-order valence-corrected chi connectivity index (χ0v) is 10.4. The SMILES string of the molecule is CC[C@@H](c1ccncc1Cl)N1CCNCC1. The van der Waals surface area contributed by atoms with Crippen LogP contribution in [0.3, 0.4) is 0 Å². The summed E-state index contributed by atoms with van der Waals surface area (Å²) in [6.07, 6.45) is 4.65. The van der Waals surface area contributed by atoms with Gasteiger partial charge in [0.15, 0.2) is 0 Å². The molecule has 1 N–H and O–H groups in total. The first-order chi connectivity index (χ1) is 7.83. The van der Waals surface area contributed by atoms with Crippen LogP contribution in [0.4, 0.5) is 0 Å². The summed E-state index contributed by atoms with van der Waals surface area (Å²) >= 11 is 6.21. The van der Waals surface area contributed by atoms with Crippen molar-refractivity contribution in [2.75, 3.05) is 26.2 Å². The minimum atomic E-state index is 0.428. The summed E-state index contributed by atoms with van der Waals surface area (Å²) in [6, 6.07) is 2.47. The number of hydrogen-bond acceptors (Lipinski definition) is 3. The van der Waals surface area contributed by atoms with Crippen molar-refractivity contribution < 1.29 is 0 Å². The number of pyridine rings is 1. The summed E-state index contributed by atoms with van der Waals surface area (Å²) in [7, 11) is 0. The van der Waals surface area contributed by atoms with Crippen molar-refractivity contribution in [3.63, 3.8) is 0 Å². The van der Waals surface area contributed by atoms with E-state index < -0.39 is 0 Å². The lowest BCUT2D eigenvalue weighted by Crippen LogP contribution is -2.45. The maximum Gasteiger partial charge on any atom is 0.0637 e. The first-order valence-electron chi connectivity index (χ1n) is 5.87. The second-order valence-electron chi connectivity index (χ2n) is 4.11. The van der Waals surface area contributed by atoms with Gasteiger partial charge in [0.1, 0.15) is 0 Å². The Balaban J connectivity index is 2.18. The van der Waals surface area contributed by atoms with Gasteiger partial charge in [-0.25, -0.2) is 0 Å². The molecule has 0 unspecified atom stereocenters. The van der Waals surface area contributed by atoms with Gasteiger partial charge in [-0.1, -0.05) is 18.5 Å². The molecule has 1 saturated heterocycles. The highest BCUT2D eigenvalue weighted by atomic mass is 35.5. The first-order valence-corrected chi connectivity index (χ1v) is 6.25. The van der Waals surface area contributed by atoms with Crippen molar-refractivity contribution in [2.45, 2.75) is 19.4 Å². The van der Waals surface area contributed by atoms with E-state index in [0.29, 0.717) is 6.04 Å². The van der Waals surface area contributed by atoms with Gasteiger partial charge in [0.2, 0.25) is 0 Å². The lowest BCUT2D eigenvalue weighted by Gasteiger charge is -2.35. The Morgan fingerprint density at radius 1 is 1.50 bits per heavy atom. The number of nitrogens with zero attached hydrogens (tertiary/aromatic N) is 2. The molecular weight excluding hydrogens is 222 g/mol.